The summed E-state index contributed by atoms with van der Waals surface area (Å²) in [7, 11) is 0. The molecule has 0 aliphatic heterocycles. The molecule has 1 amide bonds. The van der Waals surface area contributed by atoms with E-state index >= 15 is 0 Å². The molecule has 2 N–H and O–H groups in total. The first-order chi connectivity index (χ1) is 13.0. The number of nitrogens with zero attached hydrogens (tertiary/aromatic N) is 1. The summed E-state index contributed by atoms with van der Waals surface area (Å²) >= 11 is 5.88. The van der Waals surface area contributed by atoms with Crippen molar-refractivity contribution >= 4 is 23.5 Å². The van der Waals surface area contributed by atoms with Crippen LogP contribution in [0.4, 0.5) is 0 Å². The van der Waals surface area contributed by atoms with Crippen LogP contribution in [-0.4, -0.2) is 28.0 Å². The van der Waals surface area contributed by atoms with Gasteiger partial charge in [-0.15, -0.1) is 0 Å². The molecule has 3 rings (SSSR count). The zero-order valence-electron chi connectivity index (χ0n) is 15.0. The molecule has 0 bridgehead atoms. The largest absolute Gasteiger partial charge is 0.481 e. The minimum absolute atomic E-state index is 0.0555. The quantitative estimate of drug-likeness (QED) is 0.802. The van der Waals surface area contributed by atoms with Crippen LogP contribution in [-0.2, 0) is 16.0 Å². The van der Waals surface area contributed by atoms with Crippen LogP contribution in [0.1, 0.15) is 44.2 Å². The Bertz CT molecular complexity index is 788. The topological polar surface area (TPSA) is 92.4 Å². The minimum atomic E-state index is -0.839. The number of hydrogen-bond acceptors (Lipinski definition) is 4. The van der Waals surface area contributed by atoms with Gasteiger partial charge in [0.1, 0.15) is 6.26 Å². The average Bonchev–Trinajstić information content (AvgIpc) is 3.06. The number of carbonyl (C=O) groups excluding carboxylic acids is 1. The van der Waals surface area contributed by atoms with Crippen LogP contribution in [0, 0.1) is 5.92 Å². The molecule has 2 atom stereocenters. The highest BCUT2D eigenvalue weighted by atomic mass is 35.5. The fraction of sp³-hybridized carbons (Fsp3) is 0.450. The molecule has 1 aromatic carbocycles. The minimum Gasteiger partial charge on any atom is -0.481 e. The van der Waals surface area contributed by atoms with E-state index in [1.165, 1.54) is 6.26 Å². The van der Waals surface area contributed by atoms with Gasteiger partial charge in [0.25, 0.3) is 0 Å². The number of amides is 1. The number of carboxylic acids is 1. The zero-order valence-corrected chi connectivity index (χ0v) is 15.7. The maximum absolute atomic E-state index is 12.4. The Morgan fingerprint density at radius 1 is 1.15 bits per heavy atom. The average molecular weight is 391 g/mol. The number of oxazole rings is 1. The SMILES string of the molecule is O=C(Cc1coc(-c2ccc(Cl)cc2)n1)NC1CCCCCCC1C(=O)O. The number of carbonyl (C=O) groups is 2. The smallest absolute Gasteiger partial charge is 0.308 e. The van der Waals surface area contributed by atoms with E-state index in [1.54, 1.807) is 24.3 Å². The van der Waals surface area contributed by atoms with E-state index in [0.717, 1.165) is 31.2 Å². The first-order valence-corrected chi connectivity index (χ1v) is 9.63. The monoisotopic (exact) mass is 390 g/mol. The number of halogens is 1. The molecule has 1 fully saturated rings. The van der Waals surface area contributed by atoms with Gasteiger partial charge in [-0.05, 0) is 37.1 Å². The summed E-state index contributed by atoms with van der Waals surface area (Å²) in [5.74, 6) is -1.18. The van der Waals surface area contributed by atoms with Gasteiger partial charge in [-0.1, -0.05) is 37.3 Å². The highest BCUT2D eigenvalue weighted by molar-refractivity contribution is 6.30. The Hall–Kier alpha value is -2.34. The summed E-state index contributed by atoms with van der Waals surface area (Å²) in [5, 5.41) is 13.0. The van der Waals surface area contributed by atoms with Crippen LogP contribution < -0.4 is 5.32 Å². The van der Waals surface area contributed by atoms with Crippen molar-refractivity contribution in [2.45, 2.75) is 51.0 Å². The highest BCUT2D eigenvalue weighted by Crippen LogP contribution is 2.24. The summed E-state index contributed by atoms with van der Waals surface area (Å²) in [6, 6.07) is 6.74. The lowest BCUT2D eigenvalue weighted by molar-refractivity contribution is -0.143. The number of rotatable bonds is 5. The van der Waals surface area contributed by atoms with E-state index in [4.69, 9.17) is 16.0 Å². The predicted molar refractivity (Wildman–Crippen MR) is 101 cm³/mol. The van der Waals surface area contributed by atoms with Crippen LogP contribution in [0.15, 0.2) is 34.9 Å². The van der Waals surface area contributed by atoms with Crippen molar-refractivity contribution in [2.75, 3.05) is 0 Å². The van der Waals surface area contributed by atoms with Gasteiger partial charge < -0.3 is 14.8 Å². The molecule has 0 radical (unpaired) electrons. The van der Waals surface area contributed by atoms with E-state index in [2.05, 4.69) is 10.3 Å². The molecule has 6 nitrogen and oxygen atoms in total. The predicted octanol–water partition coefficient (Wildman–Crippen LogP) is 4.08. The van der Waals surface area contributed by atoms with Gasteiger partial charge in [-0.25, -0.2) is 4.98 Å². The number of hydrogen-bond donors (Lipinski definition) is 2. The van der Waals surface area contributed by atoms with Gasteiger partial charge in [0.05, 0.1) is 18.0 Å². The van der Waals surface area contributed by atoms with E-state index in [-0.39, 0.29) is 18.4 Å². The van der Waals surface area contributed by atoms with Crippen LogP contribution in [0.2, 0.25) is 5.02 Å². The fourth-order valence-electron chi connectivity index (χ4n) is 3.49. The van der Waals surface area contributed by atoms with Gasteiger partial charge in [0, 0.05) is 16.6 Å². The number of nitrogens with one attached hydrogen (secondary N) is 1. The third-order valence-electron chi connectivity index (χ3n) is 4.91. The molecule has 1 heterocycles. The molecule has 1 aliphatic carbocycles. The van der Waals surface area contributed by atoms with Crippen molar-refractivity contribution in [2.24, 2.45) is 5.92 Å². The Morgan fingerprint density at radius 2 is 1.85 bits per heavy atom. The van der Waals surface area contributed by atoms with Gasteiger partial charge in [-0.3, -0.25) is 9.59 Å². The second kappa shape index (κ2) is 9.04. The molecule has 1 aromatic heterocycles. The first-order valence-electron chi connectivity index (χ1n) is 9.25. The lowest BCUT2D eigenvalue weighted by Gasteiger charge is -2.27. The summed E-state index contributed by atoms with van der Waals surface area (Å²) < 4.78 is 5.45. The van der Waals surface area contributed by atoms with Crippen molar-refractivity contribution < 1.29 is 19.1 Å². The van der Waals surface area contributed by atoms with Crippen LogP contribution in [0.25, 0.3) is 11.5 Å². The maximum atomic E-state index is 12.4. The molecule has 0 spiro atoms. The van der Waals surface area contributed by atoms with E-state index in [0.29, 0.717) is 29.4 Å². The molecule has 0 saturated heterocycles. The molecular weight excluding hydrogens is 368 g/mol. The summed E-state index contributed by atoms with van der Waals surface area (Å²) in [4.78, 5) is 28.3. The summed E-state index contributed by atoms with van der Waals surface area (Å²) in [5.41, 5.74) is 1.28. The van der Waals surface area contributed by atoms with Crippen LogP contribution in [0.5, 0.6) is 0 Å². The Morgan fingerprint density at radius 3 is 2.56 bits per heavy atom. The van der Waals surface area contributed by atoms with Gasteiger partial charge in [0.2, 0.25) is 11.8 Å². The molecule has 2 unspecified atom stereocenters. The molecule has 1 saturated carbocycles. The lowest BCUT2D eigenvalue weighted by atomic mass is 9.86. The number of aliphatic carboxylic acids is 1. The van der Waals surface area contributed by atoms with Gasteiger partial charge in [0.15, 0.2) is 0 Å². The first kappa shape index (κ1) is 19.4. The second-order valence-electron chi connectivity index (χ2n) is 6.94. The molecule has 27 heavy (non-hydrogen) atoms. The van der Waals surface area contributed by atoms with Crippen molar-refractivity contribution in [1.29, 1.82) is 0 Å². The van der Waals surface area contributed by atoms with Crippen molar-refractivity contribution in [3.05, 3.63) is 41.2 Å². The van der Waals surface area contributed by atoms with Gasteiger partial charge in [-0.2, -0.15) is 0 Å². The Labute approximate surface area is 162 Å². The van der Waals surface area contributed by atoms with Crippen molar-refractivity contribution in [1.82, 2.24) is 10.3 Å². The third-order valence-corrected chi connectivity index (χ3v) is 5.17. The maximum Gasteiger partial charge on any atom is 0.308 e. The van der Waals surface area contributed by atoms with Crippen LogP contribution >= 0.6 is 11.6 Å². The Kier molecular flexibility index (Phi) is 6.50. The molecule has 2 aromatic rings. The van der Waals surface area contributed by atoms with E-state index in [9.17, 15) is 14.7 Å². The summed E-state index contributed by atoms with van der Waals surface area (Å²) in [6.07, 6.45) is 6.75. The zero-order chi connectivity index (χ0) is 19.2. The molecule has 7 heteroatoms. The van der Waals surface area contributed by atoms with Crippen LogP contribution in [0.3, 0.4) is 0 Å². The second-order valence-corrected chi connectivity index (χ2v) is 7.37. The number of aromatic nitrogens is 1. The molecule has 1 aliphatic rings. The fourth-order valence-corrected chi connectivity index (χ4v) is 3.61. The highest BCUT2D eigenvalue weighted by Gasteiger charge is 2.30. The normalized spacial score (nSPS) is 20.5. The molecule has 144 valence electrons. The third kappa shape index (κ3) is 5.32. The van der Waals surface area contributed by atoms with Crippen molar-refractivity contribution in [3.8, 4) is 11.5 Å². The van der Waals surface area contributed by atoms with E-state index < -0.39 is 11.9 Å². The lowest BCUT2D eigenvalue weighted by Crippen LogP contribution is -2.44. The number of benzene rings is 1. The summed E-state index contributed by atoms with van der Waals surface area (Å²) in [6.45, 7) is 0. The molecular formula is C20H23ClN2O4. The number of carboxylic acid groups (broad SMARTS) is 1. The Balaban J connectivity index is 1.62. The van der Waals surface area contributed by atoms with E-state index in [1.807, 2.05) is 0 Å². The standard InChI is InChI=1S/C20H23ClN2O4/c21-14-9-7-13(8-10-14)19-22-15(12-27-19)11-18(24)23-17-6-4-2-1-3-5-16(17)20(25)26/h7-10,12,16-17H,1-6,11H2,(H,23,24)(H,25,26). The van der Waals surface area contributed by atoms with Crippen molar-refractivity contribution in [3.63, 3.8) is 0 Å². The van der Waals surface area contributed by atoms with Gasteiger partial charge >= 0.3 is 5.97 Å².